The Labute approximate surface area is 208 Å². The Morgan fingerprint density at radius 1 is 0.771 bits per heavy atom. The van der Waals surface area contributed by atoms with Crippen molar-refractivity contribution in [2.24, 2.45) is 0 Å². The quantitative estimate of drug-likeness (QED) is 0.272. The summed E-state index contributed by atoms with van der Waals surface area (Å²) in [4.78, 5) is 26.0. The number of unbranched alkanes of at least 4 members (excludes halogenated alkanes) is 3. The molecular formula is C30H35NO4. The summed E-state index contributed by atoms with van der Waals surface area (Å²) in [6, 6.07) is 21.1. The van der Waals surface area contributed by atoms with E-state index in [1.165, 1.54) is 30.5 Å². The maximum absolute atomic E-state index is 13.1. The van der Waals surface area contributed by atoms with Gasteiger partial charge in [0, 0.05) is 18.2 Å². The highest BCUT2D eigenvalue weighted by molar-refractivity contribution is 5.96. The molecule has 1 amide bonds. The molecule has 0 aromatic heterocycles. The molecule has 184 valence electrons. The number of carboxylic acids is 1. The number of aryl methyl sites for hydroxylation is 1. The Morgan fingerprint density at radius 3 is 1.91 bits per heavy atom. The van der Waals surface area contributed by atoms with Crippen molar-refractivity contribution in [1.82, 2.24) is 0 Å². The number of aromatic hydroxyl groups is 1. The Balaban J connectivity index is 1.79. The van der Waals surface area contributed by atoms with Crippen LogP contribution in [0, 0.1) is 0 Å². The highest BCUT2D eigenvalue weighted by atomic mass is 16.4. The number of carbonyl (C=O) groups excluding carboxylic acids is 1. The third kappa shape index (κ3) is 7.19. The summed E-state index contributed by atoms with van der Waals surface area (Å²) in [5.41, 5.74) is 4.87. The molecule has 3 aromatic carbocycles. The van der Waals surface area contributed by atoms with Crippen LogP contribution in [0.2, 0.25) is 0 Å². The average Bonchev–Trinajstić information content (AvgIpc) is 2.86. The number of hydrogen-bond donors (Lipinski definition) is 2. The number of benzene rings is 3. The highest BCUT2D eigenvalue weighted by Gasteiger charge is 2.19. The molecule has 0 spiro atoms. The first-order valence-electron chi connectivity index (χ1n) is 12.5. The average molecular weight is 474 g/mol. The number of carbonyl (C=O) groups is 2. The van der Waals surface area contributed by atoms with Crippen LogP contribution in [0.3, 0.4) is 0 Å². The molecule has 0 aliphatic carbocycles. The van der Waals surface area contributed by atoms with Crippen LogP contribution in [0.25, 0.3) is 11.1 Å². The molecule has 0 saturated carbocycles. The van der Waals surface area contributed by atoms with Crippen molar-refractivity contribution in [3.63, 3.8) is 0 Å². The molecule has 0 fully saturated rings. The lowest BCUT2D eigenvalue weighted by Crippen LogP contribution is -2.30. The molecule has 35 heavy (non-hydrogen) atoms. The van der Waals surface area contributed by atoms with Gasteiger partial charge >= 0.3 is 5.97 Å². The highest BCUT2D eigenvalue weighted by Crippen LogP contribution is 2.28. The first-order valence-corrected chi connectivity index (χ1v) is 12.5. The van der Waals surface area contributed by atoms with E-state index in [4.69, 9.17) is 0 Å². The fourth-order valence-electron chi connectivity index (χ4n) is 4.08. The largest absolute Gasteiger partial charge is 0.507 e. The van der Waals surface area contributed by atoms with E-state index in [2.05, 4.69) is 50.2 Å². The molecule has 0 aliphatic rings. The minimum atomic E-state index is -1.20. The zero-order chi connectivity index (χ0) is 25.2. The van der Waals surface area contributed by atoms with Crippen molar-refractivity contribution >= 4 is 17.6 Å². The van der Waals surface area contributed by atoms with E-state index >= 15 is 0 Å². The van der Waals surface area contributed by atoms with Gasteiger partial charge in [0.05, 0.1) is 6.54 Å². The van der Waals surface area contributed by atoms with Gasteiger partial charge in [0.1, 0.15) is 11.3 Å². The number of phenols is 1. The van der Waals surface area contributed by atoms with Gasteiger partial charge in [0.2, 0.25) is 5.91 Å². The van der Waals surface area contributed by atoms with E-state index in [9.17, 15) is 19.8 Å². The number of carboxylic acid groups (broad SMARTS) is 1. The molecule has 0 saturated heterocycles. The Morgan fingerprint density at radius 2 is 1.37 bits per heavy atom. The summed E-state index contributed by atoms with van der Waals surface area (Å²) in [5.74, 6) is -1.60. The predicted molar refractivity (Wildman–Crippen MR) is 141 cm³/mol. The zero-order valence-electron chi connectivity index (χ0n) is 20.7. The van der Waals surface area contributed by atoms with Crippen LogP contribution in [0.5, 0.6) is 5.75 Å². The fourth-order valence-corrected chi connectivity index (χ4v) is 4.08. The molecule has 0 aliphatic heterocycles. The molecular weight excluding hydrogens is 438 g/mol. The van der Waals surface area contributed by atoms with Crippen molar-refractivity contribution < 1.29 is 19.8 Å². The van der Waals surface area contributed by atoms with Crippen molar-refractivity contribution in [3.05, 3.63) is 83.4 Å². The minimum absolute atomic E-state index is 0.0485. The van der Waals surface area contributed by atoms with Crippen LogP contribution in [-0.4, -0.2) is 22.1 Å². The standard InChI is InChI=1S/C30H35NO4/c1-3-5-7-9-29(33)31(26-18-19-27(30(34)35)28(32)20-26)21-23-12-16-25(17-13-23)24-14-10-22(11-15-24)8-6-4-2/h10-20,32H,3-9,21H2,1-2H3,(H,34,35). The van der Waals surface area contributed by atoms with Crippen LogP contribution in [0.1, 0.15) is 73.9 Å². The van der Waals surface area contributed by atoms with Crippen LogP contribution in [0.15, 0.2) is 66.7 Å². The Hall–Kier alpha value is -3.60. The third-order valence-corrected chi connectivity index (χ3v) is 6.22. The Bertz CT molecular complexity index is 1120. The molecule has 0 radical (unpaired) electrons. The number of aromatic carboxylic acids is 1. The van der Waals surface area contributed by atoms with Gasteiger partial charge in [0.15, 0.2) is 0 Å². The van der Waals surface area contributed by atoms with E-state index in [1.807, 2.05) is 12.1 Å². The van der Waals surface area contributed by atoms with Crippen molar-refractivity contribution in [2.45, 2.75) is 65.3 Å². The van der Waals surface area contributed by atoms with Crippen LogP contribution < -0.4 is 4.90 Å². The first kappa shape index (κ1) is 26.0. The van der Waals surface area contributed by atoms with Gasteiger partial charge in [-0.15, -0.1) is 0 Å². The molecule has 0 atom stereocenters. The van der Waals surface area contributed by atoms with E-state index in [0.29, 0.717) is 18.7 Å². The number of rotatable bonds is 12. The van der Waals surface area contributed by atoms with E-state index < -0.39 is 5.97 Å². The summed E-state index contributed by atoms with van der Waals surface area (Å²) < 4.78 is 0. The second-order valence-corrected chi connectivity index (χ2v) is 8.94. The third-order valence-electron chi connectivity index (χ3n) is 6.22. The fraction of sp³-hybridized carbons (Fsp3) is 0.333. The van der Waals surface area contributed by atoms with Gasteiger partial charge in [0.25, 0.3) is 0 Å². The topological polar surface area (TPSA) is 77.8 Å². The summed E-state index contributed by atoms with van der Waals surface area (Å²) in [5, 5.41) is 19.4. The molecule has 2 N–H and O–H groups in total. The van der Waals surface area contributed by atoms with Gasteiger partial charge in [-0.2, -0.15) is 0 Å². The number of anilines is 1. The predicted octanol–water partition coefficient (Wildman–Crippen LogP) is 7.21. The van der Waals surface area contributed by atoms with Gasteiger partial charge < -0.3 is 15.1 Å². The van der Waals surface area contributed by atoms with E-state index in [0.717, 1.165) is 42.4 Å². The van der Waals surface area contributed by atoms with Gasteiger partial charge in [-0.05, 0) is 53.6 Å². The normalized spacial score (nSPS) is 10.8. The van der Waals surface area contributed by atoms with Crippen LogP contribution in [0.4, 0.5) is 5.69 Å². The van der Waals surface area contributed by atoms with E-state index in [1.54, 1.807) is 11.0 Å². The molecule has 0 bridgehead atoms. The maximum atomic E-state index is 13.1. The van der Waals surface area contributed by atoms with E-state index in [-0.39, 0.29) is 17.2 Å². The number of hydrogen-bond acceptors (Lipinski definition) is 3. The summed E-state index contributed by atoms with van der Waals surface area (Å²) in [6.45, 7) is 4.63. The molecule has 3 aromatic rings. The van der Waals surface area contributed by atoms with Gasteiger partial charge in [-0.3, -0.25) is 4.79 Å². The van der Waals surface area contributed by atoms with Crippen molar-refractivity contribution in [2.75, 3.05) is 4.90 Å². The van der Waals surface area contributed by atoms with Gasteiger partial charge in [-0.1, -0.05) is 81.6 Å². The minimum Gasteiger partial charge on any atom is -0.507 e. The van der Waals surface area contributed by atoms with Crippen LogP contribution >= 0.6 is 0 Å². The zero-order valence-corrected chi connectivity index (χ0v) is 20.7. The lowest BCUT2D eigenvalue weighted by Gasteiger charge is -2.24. The second kappa shape index (κ2) is 12.7. The smallest absolute Gasteiger partial charge is 0.339 e. The monoisotopic (exact) mass is 473 g/mol. The molecule has 0 unspecified atom stereocenters. The first-order chi connectivity index (χ1) is 16.9. The van der Waals surface area contributed by atoms with Crippen molar-refractivity contribution in [3.8, 4) is 16.9 Å². The molecule has 5 heteroatoms. The lowest BCUT2D eigenvalue weighted by atomic mass is 10.0. The summed E-state index contributed by atoms with van der Waals surface area (Å²) >= 11 is 0. The summed E-state index contributed by atoms with van der Waals surface area (Å²) in [6.07, 6.45) is 6.65. The lowest BCUT2D eigenvalue weighted by molar-refractivity contribution is -0.118. The summed E-state index contributed by atoms with van der Waals surface area (Å²) in [7, 11) is 0. The Kier molecular flexibility index (Phi) is 9.47. The SMILES string of the molecule is CCCCCC(=O)N(Cc1ccc(-c2ccc(CCCC)cc2)cc1)c1ccc(C(=O)O)c(O)c1. The van der Waals surface area contributed by atoms with Crippen LogP contribution in [-0.2, 0) is 17.8 Å². The molecule has 5 nitrogen and oxygen atoms in total. The molecule has 0 heterocycles. The molecule has 3 rings (SSSR count). The van der Waals surface area contributed by atoms with Gasteiger partial charge in [-0.25, -0.2) is 4.79 Å². The van der Waals surface area contributed by atoms with Crippen molar-refractivity contribution in [1.29, 1.82) is 0 Å². The number of nitrogens with zero attached hydrogens (tertiary/aromatic N) is 1. The maximum Gasteiger partial charge on any atom is 0.339 e. The second-order valence-electron chi connectivity index (χ2n) is 8.94. The number of amides is 1.